The summed E-state index contributed by atoms with van der Waals surface area (Å²) in [6.45, 7) is 0. The first-order valence-corrected chi connectivity index (χ1v) is 6.26. The highest BCUT2D eigenvalue weighted by Gasteiger charge is 2.10. The highest BCUT2D eigenvalue weighted by Crippen LogP contribution is 2.35. The zero-order chi connectivity index (χ0) is 12.3. The van der Waals surface area contributed by atoms with Crippen LogP contribution in [0.25, 0.3) is 0 Å². The van der Waals surface area contributed by atoms with E-state index in [0.717, 1.165) is 4.90 Å². The first-order valence-electron chi connectivity index (χ1n) is 4.69. The Labute approximate surface area is 113 Å². The van der Waals surface area contributed by atoms with Gasteiger partial charge in [0, 0.05) is 11.1 Å². The Balaban J connectivity index is 2.41. The molecule has 1 aromatic heterocycles. The van der Waals surface area contributed by atoms with Crippen molar-refractivity contribution in [2.24, 2.45) is 0 Å². The predicted octanol–water partition coefficient (Wildman–Crippen LogP) is 4.41. The van der Waals surface area contributed by atoms with Crippen molar-refractivity contribution in [1.82, 2.24) is 4.98 Å². The Morgan fingerprint density at radius 1 is 1.12 bits per heavy atom. The second kappa shape index (κ2) is 5.42. The zero-order valence-electron chi connectivity index (χ0n) is 8.52. The Hall–Kier alpha value is -1.21. The summed E-state index contributed by atoms with van der Waals surface area (Å²) >= 11 is 13.3. The molecule has 0 radical (unpaired) electrons. The number of halogens is 2. The van der Waals surface area contributed by atoms with Crippen molar-refractivity contribution >= 4 is 35.0 Å². The number of aromatic nitrogens is 1. The highest BCUT2D eigenvalue weighted by atomic mass is 35.5. The van der Waals surface area contributed by atoms with Crippen molar-refractivity contribution in [2.45, 2.75) is 9.92 Å². The van der Waals surface area contributed by atoms with Crippen molar-refractivity contribution in [3.63, 3.8) is 0 Å². The third-order valence-corrected chi connectivity index (χ3v) is 3.83. The fraction of sp³-hybridized carbons (Fsp3) is 0. The Kier molecular flexibility index (Phi) is 3.90. The molecule has 2 nitrogen and oxygen atoms in total. The summed E-state index contributed by atoms with van der Waals surface area (Å²) in [6.07, 6.45) is 1.66. The summed E-state index contributed by atoms with van der Waals surface area (Å²) in [6, 6.07) is 10.9. The molecule has 0 aliphatic rings. The number of rotatable bonds is 2. The molecule has 2 rings (SSSR count). The van der Waals surface area contributed by atoms with E-state index in [4.69, 9.17) is 28.5 Å². The molecule has 0 saturated carbocycles. The first kappa shape index (κ1) is 12.3. The summed E-state index contributed by atoms with van der Waals surface area (Å²) in [7, 11) is 0. The maximum Gasteiger partial charge on any atom is 0.119 e. The third-order valence-electron chi connectivity index (χ3n) is 2.02. The smallest absolute Gasteiger partial charge is 0.119 e. The van der Waals surface area contributed by atoms with Crippen LogP contribution in [0.2, 0.25) is 10.0 Å². The van der Waals surface area contributed by atoms with Crippen LogP contribution in [-0.4, -0.2) is 4.98 Å². The van der Waals surface area contributed by atoms with Gasteiger partial charge in [-0.3, -0.25) is 0 Å². The number of benzene rings is 1. The quantitative estimate of drug-likeness (QED) is 0.818. The lowest BCUT2D eigenvalue weighted by Crippen LogP contribution is -1.85. The lowest BCUT2D eigenvalue weighted by atomic mass is 10.2. The summed E-state index contributed by atoms with van der Waals surface area (Å²) < 4.78 is 0. The zero-order valence-corrected chi connectivity index (χ0v) is 10.9. The molecule has 0 saturated heterocycles. The largest absolute Gasteiger partial charge is 0.248 e. The molecule has 0 aliphatic carbocycles. The fourth-order valence-electron chi connectivity index (χ4n) is 1.25. The lowest BCUT2D eigenvalue weighted by molar-refractivity contribution is 1.13. The van der Waals surface area contributed by atoms with E-state index in [1.54, 1.807) is 30.5 Å². The number of pyridine rings is 1. The number of nitriles is 1. The normalized spacial score (nSPS) is 9.94. The van der Waals surface area contributed by atoms with E-state index in [-0.39, 0.29) is 0 Å². The fourth-order valence-corrected chi connectivity index (χ4v) is 2.65. The van der Waals surface area contributed by atoms with Gasteiger partial charge in [0.25, 0.3) is 0 Å². The van der Waals surface area contributed by atoms with Crippen LogP contribution in [0.3, 0.4) is 0 Å². The minimum atomic E-state index is 0.435. The van der Waals surface area contributed by atoms with E-state index in [1.807, 2.05) is 6.07 Å². The van der Waals surface area contributed by atoms with Crippen LogP contribution < -0.4 is 0 Å². The molecule has 0 bridgehead atoms. The van der Waals surface area contributed by atoms with Crippen molar-refractivity contribution in [3.8, 4) is 6.07 Å². The van der Waals surface area contributed by atoms with Gasteiger partial charge < -0.3 is 0 Å². The van der Waals surface area contributed by atoms with Gasteiger partial charge in [-0.25, -0.2) is 4.98 Å². The minimum Gasteiger partial charge on any atom is -0.248 e. The van der Waals surface area contributed by atoms with Crippen LogP contribution in [0.4, 0.5) is 0 Å². The van der Waals surface area contributed by atoms with Gasteiger partial charge in [-0.05, 0) is 24.3 Å². The molecule has 0 atom stereocenters. The number of hydrogen-bond acceptors (Lipinski definition) is 3. The van der Waals surface area contributed by atoms with Crippen molar-refractivity contribution in [1.29, 1.82) is 5.26 Å². The standard InChI is InChI=1S/C12H6Cl2N2S/c13-9-3-1-5-11(8(9)7-15)17-12-10(14)4-2-6-16-12/h1-6H. The molecule has 0 spiro atoms. The average molecular weight is 281 g/mol. The van der Waals surface area contributed by atoms with E-state index < -0.39 is 0 Å². The second-order valence-corrected chi connectivity index (χ2v) is 4.96. The maximum absolute atomic E-state index is 9.05. The summed E-state index contributed by atoms with van der Waals surface area (Å²) in [5, 5.41) is 10.7. The molecule has 17 heavy (non-hydrogen) atoms. The molecular weight excluding hydrogens is 275 g/mol. The second-order valence-electron chi connectivity index (χ2n) is 3.12. The third kappa shape index (κ3) is 2.73. The molecule has 0 amide bonds. The number of hydrogen-bond donors (Lipinski definition) is 0. The predicted molar refractivity (Wildman–Crippen MR) is 69.5 cm³/mol. The Morgan fingerprint density at radius 3 is 2.59 bits per heavy atom. The van der Waals surface area contributed by atoms with Crippen molar-refractivity contribution < 1.29 is 0 Å². The highest BCUT2D eigenvalue weighted by molar-refractivity contribution is 7.99. The van der Waals surface area contributed by atoms with E-state index in [9.17, 15) is 0 Å². The molecule has 84 valence electrons. The van der Waals surface area contributed by atoms with Gasteiger partial charge in [0.15, 0.2) is 0 Å². The van der Waals surface area contributed by atoms with E-state index >= 15 is 0 Å². The topological polar surface area (TPSA) is 36.7 Å². The lowest BCUT2D eigenvalue weighted by Gasteiger charge is -2.05. The van der Waals surface area contributed by atoms with Gasteiger partial charge in [-0.2, -0.15) is 5.26 Å². The molecule has 0 aliphatic heterocycles. The Morgan fingerprint density at radius 2 is 1.88 bits per heavy atom. The van der Waals surface area contributed by atoms with Gasteiger partial charge in [0.05, 0.1) is 15.6 Å². The summed E-state index contributed by atoms with van der Waals surface area (Å²) in [5.74, 6) is 0. The summed E-state index contributed by atoms with van der Waals surface area (Å²) in [4.78, 5) is 4.91. The van der Waals surface area contributed by atoms with Gasteiger partial charge in [0.2, 0.25) is 0 Å². The first-order chi connectivity index (χ1) is 8.22. The molecule has 0 fully saturated rings. The Bertz CT molecular complexity index is 593. The average Bonchev–Trinajstić information content (AvgIpc) is 2.32. The van der Waals surface area contributed by atoms with Crippen LogP contribution in [0.1, 0.15) is 5.56 Å². The van der Waals surface area contributed by atoms with Crippen LogP contribution in [0.5, 0.6) is 0 Å². The van der Waals surface area contributed by atoms with E-state index in [0.29, 0.717) is 20.6 Å². The molecular formula is C12H6Cl2N2S. The molecule has 1 aromatic carbocycles. The molecule has 0 unspecified atom stereocenters. The van der Waals surface area contributed by atoms with Crippen LogP contribution in [0.15, 0.2) is 46.5 Å². The van der Waals surface area contributed by atoms with Crippen LogP contribution in [0, 0.1) is 11.3 Å². The van der Waals surface area contributed by atoms with Gasteiger partial charge in [-0.1, -0.05) is 41.0 Å². The molecule has 0 N–H and O–H groups in total. The van der Waals surface area contributed by atoms with Crippen molar-refractivity contribution in [2.75, 3.05) is 0 Å². The van der Waals surface area contributed by atoms with E-state index in [2.05, 4.69) is 11.1 Å². The minimum absolute atomic E-state index is 0.435. The molecule has 1 heterocycles. The maximum atomic E-state index is 9.05. The SMILES string of the molecule is N#Cc1c(Cl)cccc1Sc1ncccc1Cl. The van der Waals surface area contributed by atoms with Crippen molar-refractivity contribution in [3.05, 3.63) is 52.1 Å². The van der Waals surface area contributed by atoms with Crippen LogP contribution in [-0.2, 0) is 0 Å². The van der Waals surface area contributed by atoms with Gasteiger partial charge in [0.1, 0.15) is 11.1 Å². The van der Waals surface area contributed by atoms with Crippen LogP contribution >= 0.6 is 35.0 Å². The van der Waals surface area contributed by atoms with Gasteiger partial charge >= 0.3 is 0 Å². The summed E-state index contributed by atoms with van der Waals surface area (Å²) in [5.41, 5.74) is 0.445. The monoisotopic (exact) mass is 280 g/mol. The molecule has 2 aromatic rings. The molecule has 5 heteroatoms. The van der Waals surface area contributed by atoms with Gasteiger partial charge in [-0.15, -0.1) is 0 Å². The van der Waals surface area contributed by atoms with E-state index in [1.165, 1.54) is 11.8 Å². The number of nitrogens with zero attached hydrogens (tertiary/aromatic N) is 2.